The van der Waals surface area contributed by atoms with E-state index < -0.39 is 11.9 Å². The van der Waals surface area contributed by atoms with Crippen LogP contribution in [-0.2, 0) is 9.59 Å². The zero-order valence-electron chi connectivity index (χ0n) is 11.6. The highest BCUT2D eigenvalue weighted by molar-refractivity contribution is 5.81. The molecule has 2 fully saturated rings. The largest absolute Gasteiger partial charge is 0.481 e. The summed E-state index contributed by atoms with van der Waals surface area (Å²) < 4.78 is 0. The average Bonchev–Trinajstić information content (AvgIpc) is 2.88. The van der Waals surface area contributed by atoms with Gasteiger partial charge in [-0.3, -0.25) is 9.59 Å². The van der Waals surface area contributed by atoms with Gasteiger partial charge in [0.2, 0.25) is 5.91 Å². The van der Waals surface area contributed by atoms with Crippen LogP contribution < -0.4 is 11.1 Å². The van der Waals surface area contributed by atoms with E-state index in [1.165, 1.54) is 0 Å². The van der Waals surface area contributed by atoms with Crippen molar-refractivity contribution in [3.8, 4) is 0 Å². The lowest BCUT2D eigenvalue weighted by Crippen LogP contribution is -2.47. The minimum absolute atomic E-state index is 0.00602. The summed E-state index contributed by atoms with van der Waals surface area (Å²) in [6.07, 6.45) is 3.29. The van der Waals surface area contributed by atoms with Crippen molar-refractivity contribution in [3.63, 3.8) is 0 Å². The van der Waals surface area contributed by atoms with E-state index >= 15 is 0 Å². The van der Waals surface area contributed by atoms with E-state index in [9.17, 15) is 9.59 Å². The zero-order valence-corrected chi connectivity index (χ0v) is 11.6. The molecular weight excluding hydrogens is 244 g/mol. The van der Waals surface area contributed by atoms with Crippen LogP contribution in [-0.4, -0.2) is 29.6 Å². The normalized spacial score (nSPS) is 34.5. The molecule has 19 heavy (non-hydrogen) atoms. The van der Waals surface area contributed by atoms with Crippen LogP contribution in [0.3, 0.4) is 0 Å². The first-order chi connectivity index (χ1) is 8.91. The van der Waals surface area contributed by atoms with Crippen LogP contribution in [0.4, 0.5) is 0 Å². The predicted molar refractivity (Wildman–Crippen MR) is 71.3 cm³/mol. The molecule has 2 aliphatic rings. The molecule has 0 aromatic rings. The van der Waals surface area contributed by atoms with Crippen LogP contribution in [0.25, 0.3) is 0 Å². The molecule has 2 aliphatic carbocycles. The second-order valence-electron chi connectivity index (χ2n) is 6.37. The fourth-order valence-corrected chi connectivity index (χ4v) is 3.66. The summed E-state index contributed by atoms with van der Waals surface area (Å²) in [4.78, 5) is 23.3. The second-order valence-corrected chi connectivity index (χ2v) is 6.37. The highest BCUT2D eigenvalue weighted by atomic mass is 16.4. The molecule has 0 aromatic heterocycles. The van der Waals surface area contributed by atoms with E-state index in [-0.39, 0.29) is 30.3 Å². The van der Waals surface area contributed by atoms with Crippen molar-refractivity contribution in [2.75, 3.05) is 6.54 Å². The Morgan fingerprint density at radius 2 is 1.95 bits per heavy atom. The number of aliphatic carboxylic acids is 1. The first-order valence-electron chi connectivity index (χ1n) is 7.18. The number of fused-ring (bicyclic) bond motifs is 2. The van der Waals surface area contributed by atoms with E-state index in [1.807, 2.05) is 13.8 Å². The molecule has 2 bridgehead atoms. The number of amides is 1. The van der Waals surface area contributed by atoms with Gasteiger partial charge in [0, 0.05) is 12.6 Å². The molecule has 5 unspecified atom stereocenters. The van der Waals surface area contributed by atoms with Gasteiger partial charge in [0.1, 0.15) is 0 Å². The quantitative estimate of drug-likeness (QED) is 0.688. The Balaban J connectivity index is 1.89. The number of carbonyl (C=O) groups excluding carboxylic acids is 1. The highest BCUT2D eigenvalue weighted by Crippen LogP contribution is 2.47. The summed E-state index contributed by atoms with van der Waals surface area (Å²) >= 11 is 0. The number of nitrogens with one attached hydrogen (secondary N) is 1. The first-order valence-corrected chi connectivity index (χ1v) is 7.18. The minimum atomic E-state index is -0.854. The van der Waals surface area contributed by atoms with Gasteiger partial charge >= 0.3 is 5.97 Å². The Bertz CT molecular complexity index is 368. The van der Waals surface area contributed by atoms with Gasteiger partial charge in [-0.2, -0.15) is 0 Å². The first kappa shape index (κ1) is 14.3. The van der Waals surface area contributed by atoms with Crippen LogP contribution >= 0.6 is 0 Å². The number of hydrogen-bond acceptors (Lipinski definition) is 3. The Morgan fingerprint density at radius 1 is 1.32 bits per heavy atom. The van der Waals surface area contributed by atoms with Crippen molar-refractivity contribution in [1.29, 1.82) is 0 Å². The van der Waals surface area contributed by atoms with Crippen molar-refractivity contribution < 1.29 is 14.7 Å². The molecule has 0 aliphatic heterocycles. The molecule has 4 N–H and O–H groups in total. The molecule has 2 rings (SSSR count). The van der Waals surface area contributed by atoms with Gasteiger partial charge in [0.25, 0.3) is 0 Å². The summed E-state index contributed by atoms with van der Waals surface area (Å²) in [7, 11) is 0. The van der Waals surface area contributed by atoms with Crippen molar-refractivity contribution >= 4 is 11.9 Å². The lowest BCUT2D eigenvalue weighted by Gasteiger charge is -2.27. The van der Waals surface area contributed by atoms with Gasteiger partial charge < -0.3 is 16.2 Å². The van der Waals surface area contributed by atoms with Crippen molar-refractivity contribution in [2.45, 2.75) is 39.2 Å². The van der Waals surface area contributed by atoms with Gasteiger partial charge in [-0.25, -0.2) is 0 Å². The second kappa shape index (κ2) is 5.49. The minimum Gasteiger partial charge on any atom is -0.481 e. The molecule has 108 valence electrons. The number of carboxylic acids is 1. The van der Waals surface area contributed by atoms with E-state index in [0.29, 0.717) is 11.8 Å². The molecule has 0 aromatic carbocycles. The number of carboxylic acid groups (broad SMARTS) is 1. The van der Waals surface area contributed by atoms with Gasteiger partial charge in [-0.05, 0) is 37.0 Å². The third-order valence-electron chi connectivity index (χ3n) is 4.90. The Labute approximate surface area is 113 Å². The van der Waals surface area contributed by atoms with Crippen molar-refractivity contribution in [3.05, 3.63) is 0 Å². The maximum absolute atomic E-state index is 12.2. The molecule has 2 saturated carbocycles. The fourth-order valence-electron chi connectivity index (χ4n) is 3.66. The van der Waals surface area contributed by atoms with Crippen molar-refractivity contribution in [1.82, 2.24) is 5.32 Å². The number of rotatable bonds is 5. The SMILES string of the molecule is CC(C)C(CNC(=O)C1C2CCC(C2)C1N)C(=O)O. The lowest BCUT2D eigenvalue weighted by molar-refractivity contribution is -0.143. The fraction of sp³-hybridized carbons (Fsp3) is 0.857. The molecule has 1 amide bonds. The van der Waals surface area contributed by atoms with Crippen LogP contribution in [0.15, 0.2) is 0 Å². The van der Waals surface area contributed by atoms with E-state index in [4.69, 9.17) is 10.8 Å². The topological polar surface area (TPSA) is 92.4 Å². The molecule has 0 heterocycles. The molecule has 5 nitrogen and oxygen atoms in total. The molecule has 5 heteroatoms. The number of hydrogen-bond donors (Lipinski definition) is 3. The summed E-state index contributed by atoms with van der Waals surface area (Å²) in [6.45, 7) is 3.91. The van der Waals surface area contributed by atoms with Crippen molar-refractivity contribution in [2.24, 2.45) is 35.3 Å². The Morgan fingerprint density at radius 3 is 2.42 bits per heavy atom. The molecule has 0 spiro atoms. The maximum atomic E-state index is 12.2. The van der Waals surface area contributed by atoms with Crippen LogP contribution in [0.2, 0.25) is 0 Å². The van der Waals surface area contributed by atoms with Crippen LogP contribution in [0.1, 0.15) is 33.1 Å². The van der Waals surface area contributed by atoms with Gasteiger partial charge in [0.15, 0.2) is 0 Å². The smallest absolute Gasteiger partial charge is 0.308 e. The van der Waals surface area contributed by atoms with E-state index in [1.54, 1.807) is 0 Å². The monoisotopic (exact) mass is 268 g/mol. The Hall–Kier alpha value is -1.10. The van der Waals surface area contributed by atoms with E-state index in [2.05, 4.69) is 5.32 Å². The Kier molecular flexibility index (Phi) is 4.13. The van der Waals surface area contributed by atoms with Gasteiger partial charge in [-0.15, -0.1) is 0 Å². The molecule has 0 saturated heterocycles. The standard InChI is InChI=1S/C14H24N2O3/c1-7(2)10(14(18)19)6-16-13(17)11-8-3-4-9(5-8)12(11)15/h7-12H,3-6,15H2,1-2H3,(H,16,17)(H,18,19). The summed E-state index contributed by atoms with van der Waals surface area (Å²) in [6, 6.07) is -0.0407. The summed E-state index contributed by atoms with van der Waals surface area (Å²) in [5.41, 5.74) is 6.11. The third kappa shape index (κ3) is 2.76. The predicted octanol–water partition coefficient (Wildman–Crippen LogP) is 0.833. The highest BCUT2D eigenvalue weighted by Gasteiger charge is 2.49. The summed E-state index contributed by atoms with van der Waals surface area (Å²) in [5.74, 6) is -0.645. The molecule has 5 atom stereocenters. The lowest BCUT2D eigenvalue weighted by atomic mass is 9.84. The van der Waals surface area contributed by atoms with E-state index in [0.717, 1.165) is 19.3 Å². The molecule has 0 radical (unpaired) electrons. The molecular formula is C14H24N2O3. The number of carbonyl (C=O) groups is 2. The van der Waals surface area contributed by atoms with Crippen LogP contribution in [0, 0.1) is 29.6 Å². The average molecular weight is 268 g/mol. The maximum Gasteiger partial charge on any atom is 0.308 e. The third-order valence-corrected chi connectivity index (χ3v) is 4.90. The summed E-state index contributed by atoms with van der Waals surface area (Å²) in [5, 5.41) is 11.9. The van der Waals surface area contributed by atoms with Gasteiger partial charge in [-0.1, -0.05) is 13.8 Å². The zero-order chi connectivity index (χ0) is 14.2. The van der Waals surface area contributed by atoms with Crippen LogP contribution in [0.5, 0.6) is 0 Å². The number of nitrogens with two attached hydrogens (primary N) is 1. The van der Waals surface area contributed by atoms with Gasteiger partial charge in [0.05, 0.1) is 11.8 Å².